The number of hydrogen-bond acceptors (Lipinski definition) is 4. The smallest absolute Gasteiger partial charge is 0.142 e. The molecule has 2 aromatic rings. The predicted molar refractivity (Wildman–Crippen MR) is 71.9 cm³/mol. The summed E-state index contributed by atoms with van der Waals surface area (Å²) in [6.45, 7) is 6.34. The fourth-order valence-electron chi connectivity index (χ4n) is 1.48. The molecule has 3 nitrogen and oxygen atoms in total. The van der Waals surface area contributed by atoms with E-state index in [0.29, 0.717) is 5.92 Å². The van der Waals surface area contributed by atoms with Crippen molar-refractivity contribution in [2.24, 2.45) is 5.92 Å². The summed E-state index contributed by atoms with van der Waals surface area (Å²) in [5.41, 5.74) is 0.951. The van der Waals surface area contributed by atoms with Gasteiger partial charge in [0.05, 0.1) is 5.69 Å². The molecule has 2 heterocycles. The Bertz CT molecular complexity index is 451. The summed E-state index contributed by atoms with van der Waals surface area (Å²) in [7, 11) is 0. The Morgan fingerprint density at radius 2 is 2.18 bits per heavy atom. The fourth-order valence-corrected chi connectivity index (χ4v) is 2.34. The highest BCUT2D eigenvalue weighted by molar-refractivity contribution is 7.14. The molecule has 0 aliphatic heterocycles. The molecule has 0 amide bonds. The van der Waals surface area contributed by atoms with E-state index in [4.69, 9.17) is 0 Å². The SMILES string of the molecule is CC(C)CNCc1cnc(-c2ccccn2)s1. The highest BCUT2D eigenvalue weighted by Crippen LogP contribution is 2.22. The van der Waals surface area contributed by atoms with Gasteiger partial charge in [-0.2, -0.15) is 0 Å². The first kappa shape index (κ1) is 12.2. The summed E-state index contributed by atoms with van der Waals surface area (Å²) < 4.78 is 0. The molecule has 0 saturated carbocycles. The molecule has 17 heavy (non-hydrogen) atoms. The van der Waals surface area contributed by atoms with Crippen LogP contribution in [0, 0.1) is 5.92 Å². The van der Waals surface area contributed by atoms with E-state index in [2.05, 4.69) is 29.1 Å². The highest BCUT2D eigenvalue weighted by Gasteiger charge is 2.05. The lowest BCUT2D eigenvalue weighted by Crippen LogP contribution is -2.18. The lowest BCUT2D eigenvalue weighted by molar-refractivity contribution is 0.554. The van der Waals surface area contributed by atoms with Crippen LogP contribution in [0.5, 0.6) is 0 Å². The standard InChI is InChI=1S/C13H17N3S/c1-10(2)7-14-8-11-9-16-13(17-11)12-5-3-4-6-15-12/h3-6,9-10,14H,7-8H2,1-2H3. The Kier molecular flexibility index (Phi) is 4.23. The molecule has 2 rings (SSSR count). The predicted octanol–water partition coefficient (Wildman–Crippen LogP) is 2.95. The van der Waals surface area contributed by atoms with Crippen LogP contribution in [0.1, 0.15) is 18.7 Å². The highest BCUT2D eigenvalue weighted by atomic mass is 32.1. The van der Waals surface area contributed by atoms with Gasteiger partial charge >= 0.3 is 0 Å². The summed E-state index contributed by atoms with van der Waals surface area (Å²) in [5, 5.41) is 4.41. The Morgan fingerprint density at radius 1 is 1.29 bits per heavy atom. The average Bonchev–Trinajstić information content (AvgIpc) is 2.78. The van der Waals surface area contributed by atoms with Crippen LogP contribution >= 0.6 is 11.3 Å². The van der Waals surface area contributed by atoms with Crippen molar-refractivity contribution in [3.8, 4) is 10.7 Å². The number of hydrogen-bond donors (Lipinski definition) is 1. The van der Waals surface area contributed by atoms with Gasteiger partial charge in [0, 0.05) is 23.8 Å². The molecule has 0 spiro atoms. The third-order valence-electron chi connectivity index (χ3n) is 2.29. The molecule has 2 aromatic heterocycles. The largest absolute Gasteiger partial charge is 0.312 e. The van der Waals surface area contributed by atoms with Crippen molar-refractivity contribution in [2.45, 2.75) is 20.4 Å². The zero-order valence-electron chi connectivity index (χ0n) is 10.2. The fraction of sp³-hybridized carbons (Fsp3) is 0.385. The van der Waals surface area contributed by atoms with E-state index in [1.165, 1.54) is 4.88 Å². The maximum absolute atomic E-state index is 4.40. The minimum Gasteiger partial charge on any atom is -0.312 e. The minimum atomic E-state index is 0.679. The molecule has 0 aromatic carbocycles. The van der Waals surface area contributed by atoms with Gasteiger partial charge in [-0.3, -0.25) is 4.98 Å². The van der Waals surface area contributed by atoms with Crippen LogP contribution in [0.25, 0.3) is 10.7 Å². The zero-order chi connectivity index (χ0) is 12.1. The average molecular weight is 247 g/mol. The van der Waals surface area contributed by atoms with Crippen LogP contribution in [-0.2, 0) is 6.54 Å². The van der Waals surface area contributed by atoms with Gasteiger partial charge in [0.1, 0.15) is 5.01 Å². The first-order valence-corrected chi connectivity index (χ1v) is 6.64. The summed E-state index contributed by atoms with van der Waals surface area (Å²) in [6.07, 6.45) is 3.73. The molecular formula is C13H17N3S. The van der Waals surface area contributed by atoms with E-state index in [1.54, 1.807) is 17.5 Å². The Balaban J connectivity index is 1.97. The molecular weight excluding hydrogens is 230 g/mol. The maximum atomic E-state index is 4.40. The maximum Gasteiger partial charge on any atom is 0.142 e. The van der Waals surface area contributed by atoms with E-state index < -0.39 is 0 Å². The first-order valence-electron chi connectivity index (χ1n) is 5.82. The number of nitrogens with zero attached hydrogens (tertiary/aromatic N) is 2. The van der Waals surface area contributed by atoms with Crippen molar-refractivity contribution in [1.29, 1.82) is 0 Å². The summed E-state index contributed by atoms with van der Waals surface area (Å²) >= 11 is 1.70. The summed E-state index contributed by atoms with van der Waals surface area (Å²) in [6, 6.07) is 5.90. The lowest BCUT2D eigenvalue weighted by Gasteiger charge is -2.04. The molecule has 4 heteroatoms. The number of thiazole rings is 1. The number of nitrogens with one attached hydrogen (secondary N) is 1. The Labute approximate surface area is 106 Å². The van der Waals surface area contributed by atoms with Crippen LogP contribution in [0.3, 0.4) is 0 Å². The molecule has 90 valence electrons. The molecule has 0 aliphatic carbocycles. The summed E-state index contributed by atoms with van der Waals surface area (Å²) in [4.78, 5) is 9.95. The van der Waals surface area contributed by atoms with Crippen LogP contribution in [-0.4, -0.2) is 16.5 Å². The normalized spacial score (nSPS) is 11.0. The van der Waals surface area contributed by atoms with E-state index in [1.807, 2.05) is 24.4 Å². The topological polar surface area (TPSA) is 37.8 Å². The molecule has 0 radical (unpaired) electrons. The molecule has 0 atom stereocenters. The van der Waals surface area contributed by atoms with Crippen molar-refractivity contribution in [3.05, 3.63) is 35.5 Å². The van der Waals surface area contributed by atoms with E-state index in [0.717, 1.165) is 23.8 Å². The van der Waals surface area contributed by atoms with Crippen LogP contribution in [0.15, 0.2) is 30.6 Å². The molecule has 0 fully saturated rings. The van der Waals surface area contributed by atoms with Crippen LogP contribution < -0.4 is 5.32 Å². The zero-order valence-corrected chi connectivity index (χ0v) is 11.0. The first-order chi connectivity index (χ1) is 8.25. The van der Waals surface area contributed by atoms with E-state index in [-0.39, 0.29) is 0 Å². The third-order valence-corrected chi connectivity index (χ3v) is 3.31. The van der Waals surface area contributed by atoms with Gasteiger partial charge < -0.3 is 5.32 Å². The third kappa shape index (κ3) is 3.61. The lowest BCUT2D eigenvalue weighted by atomic mass is 10.2. The second-order valence-corrected chi connectivity index (χ2v) is 5.49. The molecule has 0 bridgehead atoms. The second-order valence-electron chi connectivity index (χ2n) is 4.37. The Morgan fingerprint density at radius 3 is 2.88 bits per heavy atom. The van der Waals surface area contributed by atoms with Crippen molar-refractivity contribution in [1.82, 2.24) is 15.3 Å². The van der Waals surface area contributed by atoms with Crippen molar-refractivity contribution in [2.75, 3.05) is 6.54 Å². The van der Waals surface area contributed by atoms with Gasteiger partial charge in [0.25, 0.3) is 0 Å². The van der Waals surface area contributed by atoms with Crippen LogP contribution in [0.4, 0.5) is 0 Å². The Hall–Kier alpha value is -1.26. The van der Waals surface area contributed by atoms with Gasteiger partial charge in [0.15, 0.2) is 0 Å². The molecule has 0 aliphatic rings. The quantitative estimate of drug-likeness (QED) is 0.882. The number of rotatable bonds is 5. The van der Waals surface area contributed by atoms with Crippen molar-refractivity contribution < 1.29 is 0 Å². The van der Waals surface area contributed by atoms with Gasteiger partial charge in [0.2, 0.25) is 0 Å². The van der Waals surface area contributed by atoms with Crippen molar-refractivity contribution in [3.63, 3.8) is 0 Å². The monoisotopic (exact) mass is 247 g/mol. The van der Waals surface area contributed by atoms with Gasteiger partial charge in [-0.05, 0) is 24.6 Å². The second kappa shape index (κ2) is 5.89. The number of aromatic nitrogens is 2. The van der Waals surface area contributed by atoms with Gasteiger partial charge in [-0.25, -0.2) is 4.98 Å². The molecule has 0 unspecified atom stereocenters. The van der Waals surface area contributed by atoms with Gasteiger partial charge in [-0.15, -0.1) is 11.3 Å². The van der Waals surface area contributed by atoms with Crippen molar-refractivity contribution >= 4 is 11.3 Å². The van der Waals surface area contributed by atoms with Crippen LogP contribution in [0.2, 0.25) is 0 Å². The van der Waals surface area contributed by atoms with Gasteiger partial charge in [-0.1, -0.05) is 19.9 Å². The minimum absolute atomic E-state index is 0.679. The summed E-state index contributed by atoms with van der Waals surface area (Å²) in [5.74, 6) is 0.679. The van der Waals surface area contributed by atoms with E-state index in [9.17, 15) is 0 Å². The molecule has 1 N–H and O–H groups in total. The van der Waals surface area contributed by atoms with E-state index >= 15 is 0 Å². The molecule has 0 saturated heterocycles. The number of pyridine rings is 1.